The van der Waals surface area contributed by atoms with E-state index in [9.17, 15) is 39.6 Å². The molecule has 418 valence electrons. The maximum absolute atomic E-state index is 12.0. The summed E-state index contributed by atoms with van der Waals surface area (Å²) in [6, 6.07) is 36.9. The number of carbonyl (C=O) groups is 4. The number of benzene rings is 6. The normalized spacial score (nSPS) is 10.7. The third-order valence-electron chi connectivity index (χ3n) is 13.1. The van der Waals surface area contributed by atoms with Crippen molar-refractivity contribution in [1.82, 2.24) is 0 Å². The highest BCUT2D eigenvalue weighted by Crippen LogP contribution is 2.35. The monoisotopic (exact) mass is 1080 g/mol. The molecule has 0 atom stereocenters. The number of aromatic carboxylic acids is 2. The predicted molar refractivity (Wildman–Crippen MR) is 310 cm³/mol. The van der Waals surface area contributed by atoms with E-state index < -0.39 is 23.9 Å². The minimum Gasteiger partial charge on any atom is -0.508 e. The molecule has 0 spiro atoms. The van der Waals surface area contributed by atoms with Gasteiger partial charge in [-0.05, 0) is 157 Å². The Kier molecular flexibility index (Phi) is 26.3. The van der Waals surface area contributed by atoms with Gasteiger partial charge in [-0.15, -0.1) is 0 Å². The zero-order valence-electron chi connectivity index (χ0n) is 45.7. The molecule has 0 heterocycles. The Morgan fingerprint density at radius 1 is 0.392 bits per heavy atom. The zero-order valence-corrected chi connectivity index (χ0v) is 45.7. The lowest BCUT2D eigenvalue weighted by Gasteiger charge is -2.13. The average molecular weight is 1080 g/mol. The number of esters is 2. The molecule has 0 saturated heterocycles. The van der Waals surface area contributed by atoms with Gasteiger partial charge in [0.05, 0.1) is 33.0 Å². The smallest absolute Gasteiger partial charge is 0.339 e. The van der Waals surface area contributed by atoms with Crippen LogP contribution >= 0.6 is 0 Å². The molecule has 4 N–H and O–H groups in total. The van der Waals surface area contributed by atoms with Crippen LogP contribution in [0.15, 0.2) is 147 Å². The Bertz CT molecular complexity index is 2790. The van der Waals surface area contributed by atoms with E-state index in [0.717, 1.165) is 109 Å². The zero-order chi connectivity index (χ0) is 56.8. The highest BCUT2D eigenvalue weighted by atomic mass is 16.5. The van der Waals surface area contributed by atoms with Gasteiger partial charge in [0.2, 0.25) is 0 Å². The number of carboxylic acids is 2. The number of aromatic hydroxyl groups is 2. The molecule has 13 nitrogen and oxygen atoms in total. The van der Waals surface area contributed by atoms with Crippen LogP contribution in [0.25, 0.3) is 44.5 Å². The molecule has 0 aliphatic heterocycles. The van der Waals surface area contributed by atoms with Crippen LogP contribution in [0.5, 0.6) is 28.7 Å². The van der Waals surface area contributed by atoms with Gasteiger partial charge in [-0.2, -0.15) is 0 Å². The summed E-state index contributed by atoms with van der Waals surface area (Å²) in [6.07, 6.45) is 17.3. The van der Waals surface area contributed by atoms with Gasteiger partial charge >= 0.3 is 23.9 Å². The van der Waals surface area contributed by atoms with Gasteiger partial charge in [0.15, 0.2) is 11.5 Å². The second-order valence-electron chi connectivity index (χ2n) is 19.1. The molecule has 0 fully saturated rings. The minimum atomic E-state index is -1.09. The fraction of sp³-hybridized carbons (Fsp3) is 0.333. The summed E-state index contributed by atoms with van der Waals surface area (Å²) in [7, 11) is 0. The van der Waals surface area contributed by atoms with Crippen LogP contribution in [-0.4, -0.2) is 77.3 Å². The molecule has 6 aromatic carbocycles. The number of hydrogen-bond donors (Lipinski definition) is 4. The second-order valence-corrected chi connectivity index (χ2v) is 19.1. The van der Waals surface area contributed by atoms with Gasteiger partial charge in [-0.3, -0.25) is 0 Å². The van der Waals surface area contributed by atoms with Crippen molar-refractivity contribution in [1.29, 1.82) is 0 Å². The van der Waals surface area contributed by atoms with E-state index in [1.165, 1.54) is 38.5 Å². The summed E-state index contributed by atoms with van der Waals surface area (Å²) < 4.78 is 27.2. The highest BCUT2D eigenvalue weighted by Gasteiger charge is 2.16. The average Bonchev–Trinajstić information content (AvgIpc) is 3.46. The number of carbonyl (C=O) groups excluding carboxylic acids is 2. The lowest BCUT2D eigenvalue weighted by Crippen LogP contribution is -2.05. The van der Waals surface area contributed by atoms with Crippen LogP contribution in [0.2, 0.25) is 0 Å². The molecule has 13 heteroatoms. The van der Waals surface area contributed by atoms with E-state index in [1.807, 2.05) is 79.7 Å². The minimum absolute atomic E-state index is 0.0589. The molecule has 79 heavy (non-hydrogen) atoms. The maximum Gasteiger partial charge on any atom is 0.339 e. The van der Waals surface area contributed by atoms with E-state index in [-0.39, 0.29) is 28.4 Å². The van der Waals surface area contributed by atoms with Crippen LogP contribution in [0.1, 0.15) is 130 Å². The summed E-state index contributed by atoms with van der Waals surface area (Å²) in [4.78, 5) is 46.1. The quantitative estimate of drug-likeness (QED) is 0.0173. The van der Waals surface area contributed by atoms with Crippen LogP contribution in [0.3, 0.4) is 0 Å². The topological polar surface area (TPSA) is 195 Å². The molecule has 0 radical (unpaired) electrons. The molecule has 0 bridgehead atoms. The molecule has 6 rings (SSSR count). The Balaban J connectivity index is 0.000000318. The van der Waals surface area contributed by atoms with Crippen molar-refractivity contribution in [3.63, 3.8) is 0 Å². The number of unbranched alkanes of at least 4 members (excludes halogenated alkanes) is 12. The Morgan fingerprint density at radius 2 is 0.696 bits per heavy atom. The first-order chi connectivity index (χ1) is 38.3. The van der Waals surface area contributed by atoms with Crippen LogP contribution in [0, 0.1) is 6.92 Å². The lowest BCUT2D eigenvalue weighted by atomic mass is 9.97. The van der Waals surface area contributed by atoms with Crippen LogP contribution < -0.4 is 14.2 Å². The molecular weight excluding hydrogens is 1000 g/mol. The van der Waals surface area contributed by atoms with Gasteiger partial charge in [0.1, 0.15) is 28.4 Å². The number of aryl methyl sites for hydroxylation is 1. The molecule has 0 aromatic heterocycles. The standard InChI is InChI=1S/C38H42O10.C28H34O3/c1-3-35(39)47-23-11-7-5-9-21-45-33-19-17-29(25-31(33)37(41)42)27-13-15-28(16-14-27)30-18-20-34(32(26-30)38(43)44)46-22-10-6-8-12-24-48-36(40)4-2;1-3-4-5-6-7-8-9-18-31-28-17-16-25(20-27(28)30)23-14-12-22(13-15-23)24-11-10-21(2)26(29)19-24/h3-4,13-20,25-26H,1-2,5-12,21-24H2,(H,41,42)(H,43,44);10-17,19-20,29-30H,3-9,18H2,1-2H3. The van der Waals surface area contributed by atoms with E-state index >= 15 is 0 Å². The van der Waals surface area contributed by atoms with E-state index in [4.69, 9.17) is 23.7 Å². The Labute approximate surface area is 465 Å². The first-order valence-electron chi connectivity index (χ1n) is 27.4. The van der Waals surface area contributed by atoms with Gasteiger partial charge in [0, 0.05) is 12.2 Å². The summed E-state index contributed by atoms with van der Waals surface area (Å²) in [5, 5.41) is 40.0. The van der Waals surface area contributed by atoms with Crippen LogP contribution in [0.4, 0.5) is 0 Å². The second kappa shape index (κ2) is 33.8. The predicted octanol–water partition coefficient (Wildman–Crippen LogP) is 15.6. The molecule has 0 aliphatic carbocycles. The summed E-state index contributed by atoms with van der Waals surface area (Å²) in [5.74, 6) is -1.46. The summed E-state index contributed by atoms with van der Waals surface area (Å²) >= 11 is 0. The lowest BCUT2D eigenvalue weighted by molar-refractivity contribution is -0.138. The number of rotatable bonds is 33. The van der Waals surface area contributed by atoms with Gasteiger partial charge in [0.25, 0.3) is 0 Å². The van der Waals surface area contributed by atoms with E-state index in [2.05, 4.69) is 20.1 Å². The molecule has 6 aromatic rings. The number of phenolic OH excluding ortho intramolecular Hbond substituents is 2. The number of ether oxygens (including phenoxy) is 5. The molecule has 0 amide bonds. The number of phenols is 2. The maximum atomic E-state index is 12.0. The van der Waals surface area contributed by atoms with Crippen molar-refractivity contribution in [2.45, 2.75) is 110 Å². The van der Waals surface area contributed by atoms with Gasteiger partial charge in [-0.25, -0.2) is 19.2 Å². The van der Waals surface area contributed by atoms with Crippen molar-refractivity contribution in [2.75, 3.05) is 33.0 Å². The Morgan fingerprint density at radius 3 is 1.05 bits per heavy atom. The van der Waals surface area contributed by atoms with Crippen molar-refractivity contribution in [2.24, 2.45) is 0 Å². The summed E-state index contributed by atoms with van der Waals surface area (Å²) in [6.45, 7) is 12.9. The molecular formula is C66H76O13. The van der Waals surface area contributed by atoms with Gasteiger partial charge < -0.3 is 44.1 Å². The van der Waals surface area contributed by atoms with Gasteiger partial charge in [-0.1, -0.05) is 137 Å². The third-order valence-corrected chi connectivity index (χ3v) is 13.1. The third kappa shape index (κ3) is 20.9. The molecule has 0 saturated carbocycles. The largest absolute Gasteiger partial charge is 0.508 e. The van der Waals surface area contributed by atoms with Crippen molar-refractivity contribution in [3.8, 4) is 73.3 Å². The van der Waals surface area contributed by atoms with Crippen molar-refractivity contribution in [3.05, 3.63) is 163 Å². The van der Waals surface area contributed by atoms with E-state index in [0.29, 0.717) is 55.7 Å². The van der Waals surface area contributed by atoms with E-state index in [1.54, 1.807) is 48.5 Å². The molecule has 0 aliphatic rings. The summed E-state index contributed by atoms with van der Waals surface area (Å²) in [5.41, 5.74) is 7.96. The number of hydrogen-bond acceptors (Lipinski definition) is 11. The SMILES string of the molecule is C=CC(=O)OCCCCCCOc1ccc(-c2ccc(-c3ccc(OCCCCCCOC(=O)C=C)c(C(=O)O)c3)cc2)cc1C(=O)O.CCCCCCCCCOc1ccc(-c2ccc(-c3ccc(C)c(O)c3)cc2)cc1O. The van der Waals surface area contributed by atoms with Crippen LogP contribution in [-0.2, 0) is 19.1 Å². The first kappa shape index (κ1) is 61.5. The fourth-order valence-electron chi connectivity index (χ4n) is 8.51. The first-order valence-corrected chi connectivity index (χ1v) is 27.4. The Hall–Kier alpha value is -8.32. The highest BCUT2D eigenvalue weighted by molar-refractivity contribution is 5.94. The number of carboxylic acid groups (broad SMARTS) is 2. The van der Waals surface area contributed by atoms with Crippen molar-refractivity contribution < 1.29 is 63.3 Å². The molecule has 0 unspecified atom stereocenters. The fourth-order valence-corrected chi connectivity index (χ4v) is 8.51. The van der Waals surface area contributed by atoms with Crippen molar-refractivity contribution >= 4 is 23.9 Å².